The van der Waals surface area contributed by atoms with Gasteiger partial charge in [0.15, 0.2) is 0 Å². The number of nitro benzene ring substituents is 1. The van der Waals surface area contributed by atoms with Gasteiger partial charge in [0.05, 0.1) is 10.6 Å². The molecule has 21 heavy (non-hydrogen) atoms. The smallest absolute Gasteiger partial charge is 0.270 e. The maximum absolute atomic E-state index is 13.0. The Morgan fingerprint density at radius 2 is 2.00 bits per heavy atom. The summed E-state index contributed by atoms with van der Waals surface area (Å²) in [6, 6.07) is 8.11. The quantitative estimate of drug-likeness (QED) is 0.483. The summed E-state index contributed by atoms with van der Waals surface area (Å²) < 4.78 is 13.6. The van der Waals surface area contributed by atoms with E-state index >= 15 is 0 Å². The lowest BCUT2D eigenvalue weighted by Crippen LogP contribution is -2.13. The van der Waals surface area contributed by atoms with Gasteiger partial charge in [0, 0.05) is 21.3 Å². The van der Waals surface area contributed by atoms with E-state index in [-0.39, 0.29) is 11.3 Å². The van der Waals surface area contributed by atoms with E-state index in [1.165, 1.54) is 30.3 Å². The lowest BCUT2D eigenvalue weighted by Gasteiger charge is -2.08. The molecule has 108 valence electrons. The summed E-state index contributed by atoms with van der Waals surface area (Å²) in [6.45, 7) is 1.67. The molecule has 2 aromatic carbocycles. The molecule has 0 spiro atoms. The number of nitrogens with one attached hydrogen (secondary N) is 1. The minimum absolute atomic E-state index is 0.144. The highest BCUT2D eigenvalue weighted by Crippen LogP contribution is 2.21. The van der Waals surface area contributed by atoms with Crippen molar-refractivity contribution in [3.05, 3.63) is 67.0 Å². The number of carbonyl (C=O) groups excluding carboxylic acids is 1. The average molecular weight is 400 g/mol. The molecule has 0 aliphatic heterocycles. The molecule has 2 rings (SSSR count). The number of amides is 1. The van der Waals surface area contributed by atoms with E-state index < -0.39 is 16.6 Å². The summed E-state index contributed by atoms with van der Waals surface area (Å²) in [4.78, 5) is 22.4. The Morgan fingerprint density at radius 3 is 2.62 bits per heavy atom. The first-order valence-corrected chi connectivity index (χ1v) is 6.97. The van der Waals surface area contributed by atoms with E-state index in [1.54, 1.807) is 13.0 Å². The van der Waals surface area contributed by atoms with Crippen LogP contribution < -0.4 is 5.32 Å². The van der Waals surface area contributed by atoms with Crippen molar-refractivity contribution >= 4 is 39.9 Å². The molecular weight excluding hydrogens is 390 g/mol. The van der Waals surface area contributed by atoms with Crippen molar-refractivity contribution < 1.29 is 14.1 Å². The van der Waals surface area contributed by atoms with Crippen molar-refractivity contribution in [2.45, 2.75) is 6.92 Å². The van der Waals surface area contributed by atoms with Crippen molar-refractivity contribution in [2.24, 2.45) is 0 Å². The van der Waals surface area contributed by atoms with Crippen LogP contribution >= 0.6 is 22.6 Å². The summed E-state index contributed by atoms with van der Waals surface area (Å²) in [6.07, 6.45) is 0. The minimum Gasteiger partial charge on any atom is -0.321 e. The lowest BCUT2D eigenvalue weighted by molar-refractivity contribution is -0.384. The van der Waals surface area contributed by atoms with E-state index in [0.717, 1.165) is 0 Å². The first kappa shape index (κ1) is 15.4. The molecule has 0 saturated heterocycles. The largest absolute Gasteiger partial charge is 0.321 e. The van der Waals surface area contributed by atoms with Gasteiger partial charge in [-0.2, -0.15) is 0 Å². The standard InChI is InChI=1S/C14H10FIN2O3/c1-8-4-9(6-11(5-8)18(20)21)14(19)17-13-3-2-10(15)7-12(13)16/h2-7H,1H3,(H,17,19). The maximum atomic E-state index is 13.0. The van der Waals surface area contributed by atoms with Crippen molar-refractivity contribution in [3.63, 3.8) is 0 Å². The van der Waals surface area contributed by atoms with Gasteiger partial charge in [-0.25, -0.2) is 4.39 Å². The average Bonchev–Trinajstić information content (AvgIpc) is 2.41. The molecule has 0 unspecified atom stereocenters. The number of hydrogen-bond donors (Lipinski definition) is 1. The van der Waals surface area contributed by atoms with Gasteiger partial charge in [-0.15, -0.1) is 0 Å². The molecule has 0 heterocycles. The van der Waals surface area contributed by atoms with Gasteiger partial charge in [0.25, 0.3) is 11.6 Å². The van der Waals surface area contributed by atoms with Gasteiger partial charge in [-0.1, -0.05) is 0 Å². The van der Waals surface area contributed by atoms with Crippen molar-refractivity contribution in [1.82, 2.24) is 0 Å². The predicted molar refractivity (Wildman–Crippen MR) is 84.9 cm³/mol. The first-order valence-electron chi connectivity index (χ1n) is 5.89. The molecule has 0 bridgehead atoms. The van der Waals surface area contributed by atoms with Crippen molar-refractivity contribution in [3.8, 4) is 0 Å². The molecule has 1 N–H and O–H groups in total. The van der Waals surface area contributed by atoms with Crippen LogP contribution in [0.15, 0.2) is 36.4 Å². The third kappa shape index (κ3) is 3.75. The highest BCUT2D eigenvalue weighted by molar-refractivity contribution is 14.1. The van der Waals surface area contributed by atoms with Crippen LogP contribution in [0.25, 0.3) is 0 Å². The molecule has 0 saturated carbocycles. The van der Waals surface area contributed by atoms with E-state index in [0.29, 0.717) is 14.8 Å². The van der Waals surface area contributed by atoms with Crippen LogP contribution in [0.5, 0.6) is 0 Å². The summed E-state index contributed by atoms with van der Waals surface area (Å²) >= 11 is 1.90. The third-order valence-corrected chi connectivity index (χ3v) is 3.61. The Hall–Kier alpha value is -2.03. The van der Waals surface area contributed by atoms with E-state index in [9.17, 15) is 19.3 Å². The fraction of sp³-hybridized carbons (Fsp3) is 0.0714. The fourth-order valence-corrected chi connectivity index (χ4v) is 2.40. The molecule has 0 fully saturated rings. The monoisotopic (exact) mass is 400 g/mol. The Bertz CT molecular complexity index is 734. The molecule has 0 atom stereocenters. The second-order valence-electron chi connectivity index (χ2n) is 4.39. The zero-order chi connectivity index (χ0) is 15.6. The maximum Gasteiger partial charge on any atom is 0.270 e. The number of aryl methyl sites for hydroxylation is 1. The molecule has 0 radical (unpaired) electrons. The van der Waals surface area contributed by atoms with E-state index in [2.05, 4.69) is 5.32 Å². The number of benzene rings is 2. The summed E-state index contributed by atoms with van der Waals surface area (Å²) in [5.74, 6) is -0.880. The minimum atomic E-state index is -0.550. The molecule has 7 heteroatoms. The topological polar surface area (TPSA) is 72.2 Å². The zero-order valence-electron chi connectivity index (χ0n) is 10.9. The number of rotatable bonds is 3. The number of anilines is 1. The van der Waals surface area contributed by atoms with Crippen LogP contribution in [0.3, 0.4) is 0 Å². The van der Waals surface area contributed by atoms with Gasteiger partial charge in [0.2, 0.25) is 0 Å². The highest BCUT2D eigenvalue weighted by atomic mass is 127. The SMILES string of the molecule is Cc1cc(C(=O)Nc2ccc(F)cc2I)cc([N+](=O)[O-])c1. The number of carbonyl (C=O) groups is 1. The molecule has 0 aliphatic carbocycles. The summed E-state index contributed by atoms with van der Waals surface area (Å²) in [5, 5.41) is 13.4. The zero-order valence-corrected chi connectivity index (χ0v) is 13.0. The molecule has 5 nitrogen and oxygen atoms in total. The van der Waals surface area contributed by atoms with Gasteiger partial charge >= 0.3 is 0 Å². The summed E-state index contributed by atoms with van der Waals surface area (Å²) in [7, 11) is 0. The molecule has 0 aliphatic rings. The van der Waals surface area contributed by atoms with Crippen LogP contribution in [0, 0.1) is 26.4 Å². The predicted octanol–water partition coefficient (Wildman–Crippen LogP) is 3.90. The van der Waals surface area contributed by atoms with Crippen molar-refractivity contribution in [2.75, 3.05) is 5.32 Å². The number of non-ortho nitro benzene ring substituents is 1. The van der Waals surface area contributed by atoms with Crippen LogP contribution in [0.2, 0.25) is 0 Å². The second-order valence-corrected chi connectivity index (χ2v) is 5.55. The Labute approximate surface area is 133 Å². The number of hydrogen-bond acceptors (Lipinski definition) is 3. The molecular formula is C14H10FIN2O3. The first-order chi connectivity index (χ1) is 9.86. The van der Waals surface area contributed by atoms with E-state index in [4.69, 9.17) is 0 Å². The van der Waals surface area contributed by atoms with Gasteiger partial charge in [-0.05, 0) is 59.3 Å². The van der Waals surface area contributed by atoms with Gasteiger partial charge in [-0.3, -0.25) is 14.9 Å². The van der Waals surface area contributed by atoms with Gasteiger partial charge < -0.3 is 5.32 Å². The van der Waals surface area contributed by atoms with Crippen LogP contribution in [0.4, 0.5) is 15.8 Å². The highest BCUT2D eigenvalue weighted by Gasteiger charge is 2.14. The molecule has 2 aromatic rings. The van der Waals surface area contributed by atoms with Crippen LogP contribution in [-0.4, -0.2) is 10.8 Å². The van der Waals surface area contributed by atoms with Crippen LogP contribution in [-0.2, 0) is 0 Å². The van der Waals surface area contributed by atoms with Gasteiger partial charge in [0.1, 0.15) is 5.82 Å². The number of nitro groups is 1. The number of nitrogens with zero attached hydrogens (tertiary/aromatic N) is 1. The normalized spacial score (nSPS) is 10.2. The number of halogens is 2. The molecule has 0 aromatic heterocycles. The molecule has 1 amide bonds. The Balaban J connectivity index is 2.30. The Kier molecular flexibility index (Phi) is 4.51. The van der Waals surface area contributed by atoms with E-state index in [1.807, 2.05) is 22.6 Å². The van der Waals surface area contributed by atoms with Crippen LogP contribution in [0.1, 0.15) is 15.9 Å². The Morgan fingerprint density at radius 1 is 1.29 bits per heavy atom. The van der Waals surface area contributed by atoms with Crippen molar-refractivity contribution in [1.29, 1.82) is 0 Å². The lowest BCUT2D eigenvalue weighted by atomic mass is 10.1. The fourth-order valence-electron chi connectivity index (χ4n) is 1.78. The third-order valence-electron chi connectivity index (χ3n) is 2.71. The summed E-state index contributed by atoms with van der Waals surface area (Å²) in [5.41, 5.74) is 1.10. The second kappa shape index (κ2) is 6.17.